The first-order chi connectivity index (χ1) is 13.6. The lowest BCUT2D eigenvalue weighted by Gasteiger charge is -2.24. The number of carbonyl (C=O) groups is 1. The Morgan fingerprint density at radius 1 is 1.04 bits per heavy atom. The number of H-pyrrole nitrogens is 1. The van der Waals surface area contributed by atoms with Crippen molar-refractivity contribution in [1.82, 2.24) is 14.9 Å². The summed E-state index contributed by atoms with van der Waals surface area (Å²) in [7, 11) is 1.74. The van der Waals surface area contributed by atoms with Gasteiger partial charge < -0.3 is 9.88 Å². The second-order valence-electron chi connectivity index (χ2n) is 6.60. The molecule has 140 valence electrons. The van der Waals surface area contributed by atoms with Crippen molar-refractivity contribution >= 4 is 27.5 Å². The van der Waals surface area contributed by atoms with Gasteiger partial charge in [0.2, 0.25) is 5.91 Å². The van der Waals surface area contributed by atoms with E-state index in [-0.39, 0.29) is 18.0 Å². The fraction of sp³-hybridized carbons (Fsp3) is 0.136. The van der Waals surface area contributed by atoms with E-state index >= 15 is 0 Å². The Morgan fingerprint density at radius 2 is 1.64 bits per heavy atom. The maximum absolute atomic E-state index is 13.4. The Kier molecular flexibility index (Phi) is 5.04. The van der Waals surface area contributed by atoms with Gasteiger partial charge in [0.05, 0.1) is 18.0 Å². The van der Waals surface area contributed by atoms with Gasteiger partial charge >= 0.3 is 0 Å². The fourth-order valence-corrected chi connectivity index (χ4v) is 4.01. The van der Waals surface area contributed by atoms with E-state index in [1.54, 1.807) is 11.9 Å². The Labute approximate surface area is 166 Å². The van der Waals surface area contributed by atoms with Crippen molar-refractivity contribution in [3.05, 3.63) is 99.4 Å². The minimum Gasteiger partial charge on any atom is -0.337 e. The highest BCUT2D eigenvalue weighted by Crippen LogP contribution is 2.27. The number of nitrogens with zero attached hydrogens (tertiary/aromatic N) is 2. The van der Waals surface area contributed by atoms with Gasteiger partial charge in [-0.3, -0.25) is 9.59 Å². The minimum absolute atomic E-state index is 0.0505. The molecule has 1 amide bonds. The summed E-state index contributed by atoms with van der Waals surface area (Å²) >= 11 is 1.36. The lowest BCUT2D eigenvalue weighted by Crippen LogP contribution is -2.33. The number of rotatable bonds is 5. The topological polar surface area (TPSA) is 66.1 Å². The molecule has 0 atom stereocenters. The van der Waals surface area contributed by atoms with Crippen molar-refractivity contribution < 1.29 is 4.79 Å². The molecule has 6 heteroatoms. The predicted molar refractivity (Wildman–Crippen MR) is 111 cm³/mol. The summed E-state index contributed by atoms with van der Waals surface area (Å²) in [6.45, 7) is 0.232. The Bertz CT molecular complexity index is 1110. The van der Waals surface area contributed by atoms with Gasteiger partial charge in [0, 0.05) is 7.05 Å². The third-order valence-electron chi connectivity index (χ3n) is 4.64. The van der Waals surface area contributed by atoms with Crippen LogP contribution >= 0.6 is 11.3 Å². The maximum Gasteiger partial charge on any atom is 0.268 e. The summed E-state index contributed by atoms with van der Waals surface area (Å²) in [4.78, 5) is 34.4. The molecule has 0 unspecified atom stereocenters. The monoisotopic (exact) mass is 389 g/mol. The molecule has 0 saturated heterocycles. The van der Waals surface area contributed by atoms with Crippen LogP contribution in [-0.4, -0.2) is 27.8 Å². The molecule has 4 aromatic rings. The Morgan fingerprint density at radius 3 is 2.25 bits per heavy atom. The molecule has 0 aliphatic carbocycles. The SMILES string of the molecule is CN(Cc1nc2ccsc2c(=O)[nH]1)C(=O)C(c1ccccc1)c1ccccc1. The van der Waals surface area contributed by atoms with Crippen molar-refractivity contribution in [1.29, 1.82) is 0 Å². The molecule has 0 bridgehead atoms. The van der Waals surface area contributed by atoms with Crippen molar-refractivity contribution in [2.45, 2.75) is 12.5 Å². The van der Waals surface area contributed by atoms with E-state index in [2.05, 4.69) is 9.97 Å². The van der Waals surface area contributed by atoms with Gasteiger partial charge in [-0.1, -0.05) is 60.7 Å². The molecule has 0 aliphatic rings. The zero-order chi connectivity index (χ0) is 19.5. The maximum atomic E-state index is 13.4. The molecule has 0 spiro atoms. The molecule has 2 heterocycles. The van der Waals surface area contributed by atoms with Crippen LogP contribution in [-0.2, 0) is 11.3 Å². The van der Waals surface area contributed by atoms with E-state index in [4.69, 9.17) is 0 Å². The number of amides is 1. The van der Waals surface area contributed by atoms with E-state index in [1.807, 2.05) is 72.1 Å². The van der Waals surface area contributed by atoms with E-state index in [0.717, 1.165) is 11.1 Å². The molecule has 2 aromatic carbocycles. The van der Waals surface area contributed by atoms with Gasteiger partial charge in [-0.15, -0.1) is 11.3 Å². The molecular weight excluding hydrogens is 370 g/mol. The highest BCUT2D eigenvalue weighted by atomic mass is 32.1. The first-order valence-corrected chi connectivity index (χ1v) is 9.82. The summed E-state index contributed by atoms with van der Waals surface area (Å²) < 4.78 is 0.601. The van der Waals surface area contributed by atoms with Crippen molar-refractivity contribution in [2.75, 3.05) is 7.05 Å². The third kappa shape index (κ3) is 3.59. The van der Waals surface area contributed by atoms with Crippen LogP contribution in [0.1, 0.15) is 22.9 Å². The first kappa shape index (κ1) is 18.1. The number of carbonyl (C=O) groups excluding carboxylic acids is 1. The van der Waals surface area contributed by atoms with Gasteiger partial charge in [0.25, 0.3) is 5.56 Å². The van der Waals surface area contributed by atoms with Crippen molar-refractivity contribution in [3.63, 3.8) is 0 Å². The number of likely N-dealkylation sites (N-methyl/N-ethyl adjacent to an activating group) is 1. The number of thiophene rings is 1. The molecule has 0 saturated carbocycles. The van der Waals surface area contributed by atoms with Gasteiger partial charge in [0.1, 0.15) is 10.5 Å². The smallest absolute Gasteiger partial charge is 0.268 e. The average molecular weight is 389 g/mol. The number of nitrogens with one attached hydrogen (secondary N) is 1. The molecule has 5 nitrogen and oxygen atoms in total. The number of fused-ring (bicyclic) bond motifs is 1. The summed E-state index contributed by atoms with van der Waals surface area (Å²) in [5.41, 5.74) is 2.35. The summed E-state index contributed by atoms with van der Waals surface area (Å²) in [6.07, 6.45) is 0. The minimum atomic E-state index is -0.413. The standard InChI is InChI=1S/C22H19N3O2S/c1-25(14-18-23-17-12-13-28-20(17)21(26)24-18)22(27)19(15-8-4-2-5-9-15)16-10-6-3-7-11-16/h2-13,19H,14H2,1H3,(H,23,24,26). The molecule has 4 rings (SSSR count). The van der Waals surface area contributed by atoms with Crippen LogP contribution in [0.2, 0.25) is 0 Å². The quantitative estimate of drug-likeness (QED) is 0.565. The molecule has 0 aliphatic heterocycles. The Balaban J connectivity index is 1.65. The highest BCUT2D eigenvalue weighted by Gasteiger charge is 2.26. The Hall–Kier alpha value is -3.25. The van der Waals surface area contributed by atoms with Gasteiger partial charge in [-0.05, 0) is 22.6 Å². The molecule has 2 aromatic heterocycles. The molecule has 1 N–H and O–H groups in total. The first-order valence-electron chi connectivity index (χ1n) is 8.95. The largest absolute Gasteiger partial charge is 0.337 e. The molecule has 0 radical (unpaired) electrons. The summed E-state index contributed by atoms with van der Waals surface area (Å²) in [5.74, 6) is 0.0149. The van der Waals surface area contributed by atoms with Crippen LogP contribution in [0.3, 0.4) is 0 Å². The summed E-state index contributed by atoms with van der Waals surface area (Å²) in [5, 5.41) is 1.84. The van der Waals surface area contributed by atoms with E-state index in [1.165, 1.54) is 11.3 Å². The second-order valence-corrected chi connectivity index (χ2v) is 7.51. The van der Waals surface area contributed by atoms with Crippen LogP contribution in [0.15, 0.2) is 76.9 Å². The predicted octanol–water partition coefficient (Wildman–Crippen LogP) is 3.78. The van der Waals surface area contributed by atoms with Crippen molar-refractivity contribution in [3.8, 4) is 0 Å². The highest BCUT2D eigenvalue weighted by molar-refractivity contribution is 7.17. The van der Waals surface area contributed by atoms with E-state index < -0.39 is 5.92 Å². The average Bonchev–Trinajstić information content (AvgIpc) is 3.19. The number of benzene rings is 2. The lowest BCUT2D eigenvalue weighted by molar-refractivity contribution is -0.131. The van der Waals surface area contributed by atoms with Crippen LogP contribution in [0.5, 0.6) is 0 Å². The van der Waals surface area contributed by atoms with Gasteiger partial charge in [-0.2, -0.15) is 0 Å². The third-order valence-corrected chi connectivity index (χ3v) is 5.54. The number of aromatic nitrogens is 2. The van der Waals surface area contributed by atoms with Crippen LogP contribution in [0, 0.1) is 0 Å². The van der Waals surface area contributed by atoms with Gasteiger partial charge in [-0.25, -0.2) is 4.98 Å². The number of aromatic amines is 1. The zero-order valence-electron chi connectivity index (χ0n) is 15.3. The number of hydrogen-bond acceptors (Lipinski definition) is 4. The lowest BCUT2D eigenvalue weighted by atomic mass is 9.90. The molecule has 0 fully saturated rings. The van der Waals surface area contributed by atoms with Crippen LogP contribution in [0.25, 0.3) is 10.2 Å². The molecule has 28 heavy (non-hydrogen) atoms. The van der Waals surface area contributed by atoms with E-state index in [9.17, 15) is 9.59 Å². The molecular formula is C22H19N3O2S. The fourth-order valence-electron chi connectivity index (χ4n) is 3.29. The van der Waals surface area contributed by atoms with Crippen molar-refractivity contribution in [2.24, 2.45) is 0 Å². The number of hydrogen-bond donors (Lipinski definition) is 1. The van der Waals surface area contributed by atoms with Crippen LogP contribution in [0.4, 0.5) is 0 Å². The summed E-state index contributed by atoms with van der Waals surface area (Å²) in [6, 6.07) is 21.3. The van der Waals surface area contributed by atoms with Gasteiger partial charge in [0.15, 0.2) is 0 Å². The zero-order valence-corrected chi connectivity index (χ0v) is 16.1. The van der Waals surface area contributed by atoms with Crippen LogP contribution < -0.4 is 5.56 Å². The normalized spacial score (nSPS) is 11.1. The van der Waals surface area contributed by atoms with E-state index in [0.29, 0.717) is 16.0 Å². The second kappa shape index (κ2) is 7.78.